The SMILES string of the molecule is C/C=C/C(N)=O.C=CCCCCCCc1ccccc1.CC.CCC.CNC(=O)/C=C/CCCCCCCCc1ccccc1.CNC(=O)/C=C/CCCCCc1ccccc1. The largest absolute Gasteiger partial charge is 0.366 e. The highest BCUT2D eigenvalue weighted by atomic mass is 16.2. The number of aryl methyl sites for hydroxylation is 3. The third-order valence-corrected chi connectivity index (χ3v) is 8.94. The van der Waals surface area contributed by atoms with Crippen LogP contribution in [0.3, 0.4) is 0 Å². The number of nitrogens with one attached hydrogen (secondary N) is 2. The molecule has 3 aromatic carbocycles. The number of carbonyl (C=O) groups is 3. The molecular weight excluding hydrogens is 763 g/mol. The van der Waals surface area contributed by atoms with Crippen molar-refractivity contribution >= 4 is 17.7 Å². The minimum absolute atomic E-state index is 0.00841. The van der Waals surface area contributed by atoms with Crippen LogP contribution in [0, 0.1) is 0 Å². The van der Waals surface area contributed by atoms with E-state index in [9.17, 15) is 14.4 Å². The second-order valence-electron chi connectivity index (χ2n) is 14.6. The first-order chi connectivity index (χ1) is 30.3. The molecular formula is C56H89N3O3. The van der Waals surface area contributed by atoms with Gasteiger partial charge in [0, 0.05) is 14.1 Å². The minimum atomic E-state index is -0.391. The summed E-state index contributed by atoms with van der Waals surface area (Å²) in [5.74, 6) is -0.419. The van der Waals surface area contributed by atoms with Gasteiger partial charge in [0.05, 0.1) is 0 Å². The van der Waals surface area contributed by atoms with Gasteiger partial charge in [-0.1, -0.05) is 194 Å². The summed E-state index contributed by atoms with van der Waals surface area (Å²) >= 11 is 0. The molecule has 0 aromatic heterocycles. The molecule has 4 N–H and O–H groups in total. The van der Waals surface area contributed by atoms with Gasteiger partial charge >= 0.3 is 0 Å². The summed E-state index contributed by atoms with van der Waals surface area (Å²) in [4.78, 5) is 31.6. The number of primary amides is 1. The average molecular weight is 852 g/mol. The predicted octanol–water partition coefficient (Wildman–Crippen LogP) is 14.2. The van der Waals surface area contributed by atoms with Crippen molar-refractivity contribution in [1.82, 2.24) is 10.6 Å². The molecule has 6 heteroatoms. The Morgan fingerprint density at radius 3 is 1.06 bits per heavy atom. The maximum absolute atomic E-state index is 10.9. The first-order valence-electron chi connectivity index (χ1n) is 23.7. The van der Waals surface area contributed by atoms with E-state index >= 15 is 0 Å². The molecule has 0 unspecified atom stereocenters. The van der Waals surface area contributed by atoms with Crippen molar-refractivity contribution in [3.05, 3.63) is 157 Å². The van der Waals surface area contributed by atoms with Gasteiger partial charge < -0.3 is 16.4 Å². The second kappa shape index (κ2) is 52.2. The van der Waals surface area contributed by atoms with Gasteiger partial charge in [0.1, 0.15) is 0 Å². The van der Waals surface area contributed by atoms with E-state index in [1.165, 1.54) is 125 Å². The molecule has 3 rings (SSSR count). The third kappa shape index (κ3) is 49.4. The molecule has 0 aliphatic carbocycles. The van der Waals surface area contributed by atoms with Crippen LogP contribution in [-0.2, 0) is 33.6 Å². The van der Waals surface area contributed by atoms with Gasteiger partial charge in [-0.05, 0) is 119 Å². The Morgan fingerprint density at radius 2 is 0.790 bits per heavy atom. The molecule has 346 valence electrons. The molecule has 3 aromatic rings. The average Bonchev–Trinajstić information content (AvgIpc) is 3.30. The lowest BCUT2D eigenvalue weighted by molar-refractivity contribution is -0.116. The van der Waals surface area contributed by atoms with E-state index in [4.69, 9.17) is 0 Å². The summed E-state index contributed by atoms with van der Waals surface area (Å²) in [6.45, 7) is 13.7. The highest BCUT2D eigenvalue weighted by Crippen LogP contribution is 2.12. The van der Waals surface area contributed by atoms with Crippen molar-refractivity contribution in [2.45, 2.75) is 163 Å². The molecule has 6 nitrogen and oxygen atoms in total. The Balaban J connectivity index is -0.000000758. The Morgan fingerprint density at radius 1 is 0.500 bits per heavy atom. The van der Waals surface area contributed by atoms with Gasteiger partial charge in [-0.2, -0.15) is 0 Å². The lowest BCUT2D eigenvalue weighted by Gasteiger charge is -2.02. The fourth-order valence-corrected chi connectivity index (χ4v) is 5.68. The lowest BCUT2D eigenvalue weighted by atomic mass is 10.0. The van der Waals surface area contributed by atoms with Gasteiger partial charge in [-0.15, -0.1) is 6.58 Å². The van der Waals surface area contributed by atoms with Crippen LogP contribution in [0.4, 0.5) is 0 Å². The van der Waals surface area contributed by atoms with Crippen molar-refractivity contribution < 1.29 is 14.4 Å². The molecule has 0 spiro atoms. The monoisotopic (exact) mass is 852 g/mol. The highest BCUT2D eigenvalue weighted by molar-refractivity contribution is 5.87. The topological polar surface area (TPSA) is 101 Å². The minimum Gasteiger partial charge on any atom is -0.366 e. The van der Waals surface area contributed by atoms with E-state index in [1.54, 1.807) is 39.2 Å². The number of hydrogen-bond acceptors (Lipinski definition) is 3. The van der Waals surface area contributed by atoms with Crippen LogP contribution in [0.25, 0.3) is 0 Å². The molecule has 3 amide bonds. The normalized spacial score (nSPS) is 9.98. The summed E-state index contributed by atoms with van der Waals surface area (Å²) in [6, 6.07) is 32.0. The zero-order valence-corrected chi connectivity index (χ0v) is 40.4. The van der Waals surface area contributed by atoms with E-state index in [0.717, 1.165) is 25.7 Å². The fraction of sp³-hybridized carbons (Fsp3) is 0.482. The van der Waals surface area contributed by atoms with Crippen molar-refractivity contribution in [2.75, 3.05) is 14.1 Å². The molecule has 0 aliphatic heterocycles. The van der Waals surface area contributed by atoms with E-state index in [1.807, 2.05) is 38.1 Å². The second-order valence-corrected chi connectivity index (χ2v) is 14.6. The smallest absolute Gasteiger partial charge is 0.243 e. The van der Waals surface area contributed by atoms with Crippen molar-refractivity contribution in [1.29, 1.82) is 0 Å². The number of unbranched alkanes of at least 4 members (excludes halogenated alkanes) is 13. The standard InChI is InChI=1S/C18H27NO.C15H21NO.C14H20.C4H7NO.C3H8.C2H6/c1-19-18(20)16-12-7-5-3-2-4-6-9-13-17-14-10-8-11-15-17;1-16-15(17)13-9-4-2-3-6-10-14-11-7-5-8-12-14;1-2-3-4-5-6-8-11-14-12-9-7-10-13-14;1-2-3-4(5)6;1-3-2;1-2/h8,10-12,14-16H,2-7,9,13H2,1H3,(H,19,20);5,7-9,11-13H,2-4,6,10H2,1H3,(H,16,17);2,7,9-10,12-13H,1,3-6,8,11H2;2-3H,1H3,(H2,5,6);3H2,1-2H3;1-2H3/b16-12+;13-9+;;3-2+;;. The number of hydrogen-bond donors (Lipinski definition) is 3. The Hall–Kier alpha value is -4.97. The third-order valence-electron chi connectivity index (χ3n) is 8.94. The van der Waals surface area contributed by atoms with E-state index in [2.05, 4.69) is 122 Å². The zero-order valence-electron chi connectivity index (χ0n) is 40.4. The van der Waals surface area contributed by atoms with Gasteiger partial charge in [0.25, 0.3) is 0 Å². The quantitative estimate of drug-likeness (QED) is 0.0449. The Labute approximate surface area is 381 Å². The fourth-order valence-electron chi connectivity index (χ4n) is 5.68. The van der Waals surface area contributed by atoms with Crippen molar-refractivity contribution in [2.24, 2.45) is 5.73 Å². The lowest BCUT2D eigenvalue weighted by Crippen LogP contribution is -2.13. The molecule has 0 radical (unpaired) electrons. The maximum Gasteiger partial charge on any atom is 0.243 e. The number of benzene rings is 3. The number of carbonyl (C=O) groups excluding carboxylic acids is 3. The summed E-state index contributed by atoms with van der Waals surface area (Å²) in [5, 5.41) is 5.14. The van der Waals surface area contributed by atoms with Crippen LogP contribution < -0.4 is 16.4 Å². The summed E-state index contributed by atoms with van der Waals surface area (Å²) < 4.78 is 0. The van der Waals surface area contributed by atoms with Gasteiger partial charge in [0.15, 0.2) is 0 Å². The highest BCUT2D eigenvalue weighted by Gasteiger charge is 1.95. The van der Waals surface area contributed by atoms with Crippen LogP contribution in [0.5, 0.6) is 0 Å². The van der Waals surface area contributed by atoms with Gasteiger partial charge in [-0.3, -0.25) is 14.4 Å². The van der Waals surface area contributed by atoms with Crippen molar-refractivity contribution in [3.8, 4) is 0 Å². The van der Waals surface area contributed by atoms with Gasteiger partial charge in [-0.25, -0.2) is 0 Å². The maximum atomic E-state index is 10.9. The Bertz CT molecular complexity index is 1480. The van der Waals surface area contributed by atoms with Crippen LogP contribution >= 0.6 is 0 Å². The number of amides is 3. The van der Waals surface area contributed by atoms with Crippen LogP contribution in [-0.4, -0.2) is 31.8 Å². The molecule has 0 fully saturated rings. The first-order valence-corrected chi connectivity index (χ1v) is 23.7. The van der Waals surface area contributed by atoms with E-state index < -0.39 is 5.91 Å². The number of nitrogens with two attached hydrogens (primary N) is 1. The molecule has 0 aliphatic rings. The van der Waals surface area contributed by atoms with Crippen LogP contribution in [0.2, 0.25) is 0 Å². The molecule has 62 heavy (non-hydrogen) atoms. The predicted molar refractivity (Wildman–Crippen MR) is 272 cm³/mol. The van der Waals surface area contributed by atoms with E-state index in [-0.39, 0.29) is 11.8 Å². The summed E-state index contributed by atoms with van der Waals surface area (Å²) in [6.07, 6.45) is 36.7. The van der Waals surface area contributed by atoms with Crippen molar-refractivity contribution in [3.63, 3.8) is 0 Å². The zero-order chi connectivity index (χ0) is 46.6. The number of likely N-dealkylation sites (N-methyl/N-ethyl adjacent to an activating group) is 2. The molecule has 0 bridgehead atoms. The van der Waals surface area contributed by atoms with Crippen LogP contribution in [0.1, 0.15) is 160 Å². The molecule has 0 atom stereocenters. The Kier molecular flexibility index (Phi) is 51.6. The van der Waals surface area contributed by atoms with Crippen LogP contribution in [0.15, 0.2) is 140 Å². The number of allylic oxidation sites excluding steroid dienone is 4. The number of rotatable bonds is 25. The van der Waals surface area contributed by atoms with Gasteiger partial charge in [0.2, 0.25) is 17.7 Å². The molecule has 0 heterocycles. The molecule has 0 saturated carbocycles. The summed E-state index contributed by atoms with van der Waals surface area (Å²) in [7, 11) is 3.30. The van der Waals surface area contributed by atoms with E-state index in [0.29, 0.717) is 0 Å². The first kappa shape index (κ1) is 61.3. The molecule has 0 saturated heterocycles. The summed E-state index contributed by atoms with van der Waals surface area (Å²) in [5.41, 5.74) is 9.01.